The second-order valence-corrected chi connectivity index (χ2v) is 19.1. The van der Waals surface area contributed by atoms with E-state index in [1.807, 2.05) is 31.3 Å². The van der Waals surface area contributed by atoms with Crippen molar-refractivity contribution in [3.8, 4) is 11.5 Å². The highest BCUT2D eigenvalue weighted by Gasteiger charge is 2.46. The second kappa shape index (κ2) is 33.1. The number of aliphatic carboxylic acids is 2. The molecule has 2 saturated carbocycles. The predicted molar refractivity (Wildman–Crippen MR) is 269 cm³/mol. The third kappa shape index (κ3) is 20.0. The summed E-state index contributed by atoms with van der Waals surface area (Å²) in [5.74, 6) is 1.21. The summed E-state index contributed by atoms with van der Waals surface area (Å²) in [6, 6.07) is 11.7. The molecule has 0 unspecified atom stereocenters. The van der Waals surface area contributed by atoms with Crippen LogP contribution in [0.1, 0.15) is 133 Å². The standard InChI is InChI=1S/2C23H34O5.C5H13NO2.CH4.HI.H2O/c2*1-2-3-4-7-17(24)9-10-18-19-11-15-6-5-8-22(28-14-23(26)27)20(15)12-16(19)13-21(18)25;1-6(2-4-7)3-5-8;;;/h2*5-6,8,16-19,21,24-25H,2-4,7,9-14H2,1H3,(H,26,27);7-8H,2-5H2,1H3;1H4;1H;1H2/t2*16-,17-,18+,19-,21+;;;;/m00..../s1. The minimum Gasteiger partial charge on any atom is -0.546 e. The fourth-order valence-electron chi connectivity index (χ4n) is 11.0. The van der Waals surface area contributed by atoms with Crippen LogP contribution >= 0.6 is 24.0 Å². The minimum atomic E-state index is -1.22. The Morgan fingerprint density at radius 2 is 1.12 bits per heavy atom. The largest absolute Gasteiger partial charge is 0.546 e. The summed E-state index contributed by atoms with van der Waals surface area (Å²) in [5, 5.41) is 78.2. The number of ether oxygens (including phenoxy) is 2. The first kappa shape index (κ1) is 62.4. The van der Waals surface area contributed by atoms with Gasteiger partial charge < -0.3 is 65.5 Å². The molecule has 10 N–H and O–H groups in total. The van der Waals surface area contributed by atoms with Crippen molar-refractivity contribution in [3.05, 3.63) is 58.7 Å². The third-order valence-electron chi connectivity index (χ3n) is 14.4. The molecule has 0 saturated heterocycles. The molecule has 0 spiro atoms. The van der Waals surface area contributed by atoms with Crippen molar-refractivity contribution in [3.63, 3.8) is 0 Å². The zero-order chi connectivity index (χ0) is 46.6. The average Bonchev–Trinajstić information content (AvgIpc) is 3.74. The Labute approximate surface area is 417 Å². The van der Waals surface area contributed by atoms with Crippen molar-refractivity contribution < 1.29 is 70.3 Å². The van der Waals surface area contributed by atoms with Gasteiger partial charge in [-0.15, -0.1) is 24.0 Å². The first-order chi connectivity index (χ1) is 30.8. The van der Waals surface area contributed by atoms with E-state index >= 15 is 0 Å². The number of carboxylic acid groups (broad SMARTS) is 2. The van der Waals surface area contributed by atoms with E-state index in [4.69, 9.17) is 24.8 Å². The maximum atomic E-state index is 10.8. The van der Waals surface area contributed by atoms with Crippen LogP contribution in [0.15, 0.2) is 36.4 Å². The smallest absolute Gasteiger partial charge is 0.341 e. The first-order valence-corrected chi connectivity index (χ1v) is 24.4. The number of carboxylic acids is 2. The Morgan fingerprint density at radius 3 is 1.49 bits per heavy atom. The molecule has 0 bridgehead atoms. The zero-order valence-corrected chi connectivity index (χ0v) is 42.1. The Balaban J connectivity index is 0.000000555. The normalized spacial score (nSPS) is 23.9. The van der Waals surface area contributed by atoms with Gasteiger partial charge in [-0.2, -0.15) is 0 Å². The van der Waals surface area contributed by atoms with E-state index in [1.165, 1.54) is 11.1 Å². The van der Waals surface area contributed by atoms with E-state index < -0.39 is 18.5 Å². The number of unbranched alkanes of at least 4 members (excludes halogenated alkanes) is 4. The molecule has 2 aromatic rings. The van der Waals surface area contributed by atoms with Crippen molar-refractivity contribution in [1.82, 2.24) is 0 Å². The summed E-state index contributed by atoms with van der Waals surface area (Å²) in [6.45, 7) is 5.41. The Kier molecular flexibility index (Phi) is 30.8. The van der Waals surface area contributed by atoms with Crippen LogP contribution in [-0.2, 0) is 35.3 Å². The van der Waals surface area contributed by atoms with Crippen LogP contribution in [0.2, 0.25) is 0 Å². The fourth-order valence-corrected chi connectivity index (χ4v) is 11.0. The second-order valence-electron chi connectivity index (χ2n) is 19.1. The summed E-state index contributed by atoms with van der Waals surface area (Å²) in [6.07, 6.45) is 15.6. The molecule has 2 fully saturated rings. The van der Waals surface area contributed by atoms with Crippen LogP contribution < -0.4 is 19.5 Å². The molecule has 2 aromatic carbocycles. The van der Waals surface area contributed by atoms with Gasteiger partial charge in [0.25, 0.3) is 0 Å². The lowest BCUT2D eigenvalue weighted by atomic mass is 9.73. The Hall–Kier alpha value is -2.61. The molecular formula is C52H88INO13. The first-order valence-electron chi connectivity index (χ1n) is 24.4. The average molecular weight is 1060 g/mol. The van der Waals surface area contributed by atoms with Gasteiger partial charge in [0.15, 0.2) is 6.61 Å². The lowest BCUT2D eigenvalue weighted by Crippen LogP contribution is -3.10. The molecule has 10 atom stereocenters. The number of nitrogens with one attached hydrogen (secondary N) is 1. The molecule has 0 amide bonds. The number of hydrogen-bond donors (Lipinski definition) is 8. The maximum absolute atomic E-state index is 10.8. The van der Waals surface area contributed by atoms with Crippen LogP contribution in [0, 0.1) is 35.5 Å². The van der Waals surface area contributed by atoms with Crippen LogP contribution in [0.3, 0.4) is 0 Å². The molecule has 4 aliphatic carbocycles. The number of benzene rings is 2. The molecule has 15 heteroatoms. The van der Waals surface area contributed by atoms with Crippen molar-refractivity contribution in [2.24, 2.45) is 35.5 Å². The molecule has 386 valence electrons. The highest BCUT2D eigenvalue weighted by atomic mass is 127. The van der Waals surface area contributed by atoms with E-state index in [0.29, 0.717) is 35.2 Å². The van der Waals surface area contributed by atoms with Gasteiger partial charge in [0.2, 0.25) is 0 Å². The molecule has 14 nitrogen and oxygen atoms in total. The van der Waals surface area contributed by atoms with Crippen molar-refractivity contribution >= 4 is 35.9 Å². The van der Waals surface area contributed by atoms with E-state index in [1.54, 1.807) is 0 Å². The van der Waals surface area contributed by atoms with Crippen molar-refractivity contribution in [2.75, 3.05) is 46.6 Å². The molecule has 6 rings (SSSR count). The van der Waals surface area contributed by atoms with E-state index in [9.17, 15) is 35.1 Å². The van der Waals surface area contributed by atoms with Gasteiger partial charge >= 0.3 is 5.97 Å². The number of carbonyl (C=O) groups excluding carboxylic acids is 1. The number of likely N-dealkylation sites (N-methyl/N-ethyl adjacent to an activating group) is 1. The summed E-state index contributed by atoms with van der Waals surface area (Å²) < 4.78 is 10.9. The van der Waals surface area contributed by atoms with Gasteiger partial charge in [-0.25, -0.2) is 4.79 Å². The molecular weight excluding hydrogens is 973 g/mol. The minimum absolute atomic E-state index is 0. The number of aliphatic hydroxyl groups excluding tert-OH is 6. The number of halogens is 1. The zero-order valence-electron chi connectivity index (χ0n) is 39.8. The van der Waals surface area contributed by atoms with E-state index in [0.717, 1.165) is 145 Å². The number of aliphatic hydroxyl groups is 6. The molecule has 0 aliphatic heterocycles. The van der Waals surface area contributed by atoms with E-state index in [-0.39, 0.29) is 93.0 Å². The highest BCUT2D eigenvalue weighted by molar-refractivity contribution is 14.0. The quantitative estimate of drug-likeness (QED) is 0.0553. The number of quaternary nitrogens is 1. The topological polar surface area (TPSA) is 253 Å². The number of hydrogen-bond acceptors (Lipinski definition) is 11. The summed E-state index contributed by atoms with van der Waals surface area (Å²) in [5.41, 5.74) is 4.60. The summed E-state index contributed by atoms with van der Waals surface area (Å²) >= 11 is 0. The lowest BCUT2D eigenvalue weighted by Gasteiger charge is -2.32. The number of fused-ring (bicyclic) bond motifs is 4. The van der Waals surface area contributed by atoms with Gasteiger partial charge in [-0.05, 0) is 147 Å². The fraction of sp³-hybridized carbons (Fsp3) is 0.731. The Morgan fingerprint density at radius 1 is 0.701 bits per heavy atom. The monoisotopic (exact) mass is 1060 g/mol. The maximum Gasteiger partial charge on any atom is 0.341 e. The molecule has 0 radical (unpaired) electrons. The predicted octanol–water partition coefficient (Wildman–Crippen LogP) is 3.75. The lowest BCUT2D eigenvalue weighted by molar-refractivity contribution is -0.880. The van der Waals surface area contributed by atoms with Crippen LogP contribution in [-0.4, -0.2) is 124 Å². The molecule has 0 aromatic heterocycles. The van der Waals surface area contributed by atoms with Gasteiger partial charge in [0.1, 0.15) is 31.2 Å². The van der Waals surface area contributed by atoms with Crippen LogP contribution in [0.5, 0.6) is 11.5 Å². The van der Waals surface area contributed by atoms with Gasteiger partial charge in [-0.1, -0.05) is 84.1 Å². The van der Waals surface area contributed by atoms with Crippen molar-refractivity contribution in [1.29, 1.82) is 0 Å². The number of rotatable bonds is 24. The van der Waals surface area contributed by atoms with Gasteiger partial charge in [0.05, 0.1) is 50.6 Å². The van der Waals surface area contributed by atoms with E-state index in [2.05, 4.69) is 26.0 Å². The highest BCUT2D eigenvalue weighted by Crippen LogP contribution is 2.50. The van der Waals surface area contributed by atoms with Gasteiger partial charge in [-0.3, -0.25) is 0 Å². The third-order valence-corrected chi connectivity index (χ3v) is 14.4. The van der Waals surface area contributed by atoms with Crippen LogP contribution in [0.25, 0.3) is 0 Å². The van der Waals surface area contributed by atoms with Crippen LogP contribution in [0.4, 0.5) is 0 Å². The van der Waals surface area contributed by atoms with Crippen molar-refractivity contribution in [2.45, 2.75) is 161 Å². The summed E-state index contributed by atoms with van der Waals surface area (Å²) in [7, 11) is 1.94. The number of carbonyl (C=O) groups is 2. The Bertz CT molecular complexity index is 1560. The van der Waals surface area contributed by atoms with Gasteiger partial charge in [0, 0.05) is 0 Å². The molecule has 0 heterocycles. The summed E-state index contributed by atoms with van der Waals surface area (Å²) in [4.78, 5) is 22.7. The SMILES string of the molecule is C.CCCCC[C@H](O)CC[C@@H]1[C@H]2Cc3cccc(OCC(=O)O)c3C[C@H]2C[C@H]1O.CCCCC[C@H](O)CC[C@@H]1[C@H]2Cc3cccc(OCC(=O)[O-])c3C[C@H]2C[C@H]1O.C[NH+](CCO)CCO.I.O. The molecule has 4 aliphatic rings. The molecule has 67 heavy (non-hydrogen) atoms.